The quantitative estimate of drug-likeness (QED) is 0.606. The molecule has 1 amide bonds. The number of rotatable bonds is 7. The predicted molar refractivity (Wildman–Crippen MR) is 86.6 cm³/mol. The van der Waals surface area contributed by atoms with Crippen LogP contribution < -0.4 is 16.4 Å². The Hall–Kier alpha value is -0.990. The average molecular weight is 318 g/mol. The summed E-state index contributed by atoms with van der Waals surface area (Å²) in [4.78, 5) is 16.7. The highest BCUT2D eigenvalue weighted by atomic mass is 32.2. The average Bonchev–Trinajstić information content (AvgIpc) is 2.70. The van der Waals surface area contributed by atoms with Gasteiger partial charge in [0.25, 0.3) is 5.91 Å². The largest absolute Gasteiger partial charge is 0.395 e. The molecule has 0 aliphatic rings. The number of anilines is 2. The van der Waals surface area contributed by atoms with Gasteiger partial charge in [0, 0.05) is 17.3 Å². The summed E-state index contributed by atoms with van der Waals surface area (Å²) in [6, 6.07) is 0.0798. The summed E-state index contributed by atoms with van der Waals surface area (Å²) in [6.07, 6.45) is 1.90. The highest BCUT2D eigenvalue weighted by molar-refractivity contribution is 7.99. The summed E-state index contributed by atoms with van der Waals surface area (Å²) >= 11 is 2.75. The van der Waals surface area contributed by atoms with Crippen molar-refractivity contribution >= 4 is 40.0 Å². The van der Waals surface area contributed by atoms with Crippen LogP contribution in [0.1, 0.15) is 30.4 Å². The van der Waals surface area contributed by atoms with Crippen molar-refractivity contribution in [3.8, 4) is 0 Å². The van der Waals surface area contributed by atoms with E-state index in [1.54, 1.807) is 0 Å². The Balaban J connectivity index is 2.74. The van der Waals surface area contributed by atoms with Crippen LogP contribution in [0.25, 0.3) is 0 Å². The number of nitrogens with zero attached hydrogens (tertiary/aromatic N) is 1. The first-order valence-corrected chi connectivity index (χ1v) is 8.46. The number of aliphatic hydroxyl groups excluding tert-OH is 1. The van der Waals surface area contributed by atoms with Crippen LogP contribution in [0.15, 0.2) is 0 Å². The summed E-state index contributed by atoms with van der Waals surface area (Å²) in [5.74, 6) is -0.0237. The summed E-state index contributed by atoms with van der Waals surface area (Å²) < 4.78 is 0. The molecule has 1 aromatic rings. The fraction of sp³-hybridized carbons (Fsp3) is 0.667. The Labute approximate surface area is 127 Å². The third kappa shape index (κ3) is 4.53. The molecule has 0 spiro atoms. The number of nitrogens with two attached hydrogens (primary N) is 1. The lowest BCUT2D eigenvalue weighted by molar-refractivity contribution is 0.0940. The van der Waals surface area contributed by atoms with E-state index in [4.69, 9.17) is 5.73 Å². The molecule has 1 rings (SSSR count). The lowest BCUT2D eigenvalue weighted by Crippen LogP contribution is -2.41. The number of nitrogen functional groups attached to an aromatic ring is 1. The van der Waals surface area contributed by atoms with Gasteiger partial charge in [0.1, 0.15) is 10.7 Å². The maximum Gasteiger partial charge on any atom is 0.265 e. The molecule has 2 atom stereocenters. The van der Waals surface area contributed by atoms with Gasteiger partial charge in [-0.05, 0) is 27.0 Å². The van der Waals surface area contributed by atoms with Gasteiger partial charge < -0.3 is 21.5 Å². The minimum absolute atomic E-state index is 0.0148. The number of aliphatic hydroxyl groups is 1. The standard InChI is InChI=1S/C12H22N4O2S2/c1-6(2)14-12-16-10(13)9(20-12)11(18)15-7(3)8(5-17)19-4/h6-8,17H,5,13H2,1-4H3,(H,14,16)(H,15,18). The summed E-state index contributed by atoms with van der Waals surface area (Å²) in [5, 5.41) is 15.8. The van der Waals surface area contributed by atoms with Gasteiger partial charge in [0.2, 0.25) is 0 Å². The molecule has 5 N–H and O–H groups in total. The fourth-order valence-electron chi connectivity index (χ4n) is 1.61. The van der Waals surface area contributed by atoms with Crippen LogP contribution in [-0.2, 0) is 0 Å². The van der Waals surface area contributed by atoms with Crippen molar-refractivity contribution in [2.24, 2.45) is 0 Å². The van der Waals surface area contributed by atoms with Gasteiger partial charge in [0.05, 0.1) is 6.61 Å². The van der Waals surface area contributed by atoms with E-state index < -0.39 is 0 Å². The number of carbonyl (C=O) groups is 1. The first-order valence-electron chi connectivity index (χ1n) is 6.36. The minimum atomic E-state index is -0.253. The van der Waals surface area contributed by atoms with Crippen molar-refractivity contribution in [1.82, 2.24) is 10.3 Å². The topological polar surface area (TPSA) is 100 Å². The second-order valence-corrected chi connectivity index (χ2v) is 6.83. The van der Waals surface area contributed by atoms with E-state index in [1.807, 2.05) is 27.0 Å². The number of aromatic nitrogens is 1. The fourth-order valence-corrected chi connectivity index (χ4v) is 3.16. The van der Waals surface area contributed by atoms with E-state index in [9.17, 15) is 9.90 Å². The highest BCUT2D eigenvalue weighted by Gasteiger charge is 2.22. The van der Waals surface area contributed by atoms with Gasteiger partial charge in [-0.2, -0.15) is 11.8 Å². The van der Waals surface area contributed by atoms with Crippen LogP contribution in [-0.4, -0.2) is 46.2 Å². The minimum Gasteiger partial charge on any atom is -0.395 e. The number of thiazole rings is 1. The van der Waals surface area contributed by atoms with Crippen LogP contribution >= 0.6 is 23.1 Å². The van der Waals surface area contributed by atoms with E-state index in [2.05, 4.69) is 15.6 Å². The SMILES string of the molecule is CSC(CO)C(C)NC(=O)c1sc(NC(C)C)nc1N. The molecule has 1 heterocycles. The molecule has 6 nitrogen and oxygen atoms in total. The van der Waals surface area contributed by atoms with E-state index in [0.717, 1.165) is 0 Å². The molecule has 0 saturated heterocycles. The first kappa shape index (κ1) is 17.1. The number of thioether (sulfide) groups is 1. The molecule has 0 saturated carbocycles. The highest BCUT2D eigenvalue weighted by Crippen LogP contribution is 2.25. The zero-order valence-electron chi connectivity index (χ0n) is 12.1. The molecule has 20 heavy (non-hydrogen) atoms. The van der Waals surface area contributed by atoms with Crippen LogP contribution in [0.5, 0.6) is 0 Å². The maximum absolute atomic E-state index is 12.2. The summed E-state index contributed by atoms with van der Waals surface area (Å²) in [6.45, 7) is 5.86. The molecule has 0 bridgehead atoms. The molecule has 0 aliphatic heterocycles. The number of hydrogen-bond donors (Lipinski definition) is 4. The van der Waals surface area contributed by atoms with Gasteiger partial charge in [-0.25, -0.2) is 4.98 Å². The summed E-state index contributed by atoms with van der Waals surface area (Å²) in [5.41, 5.74) is 5.78. The Morgan fingerprint density at radius 3 is 2.65 bits per heavy atom. The second-order valence-electron chi connectivity index (χ2n) is 4.75. The van der Waals surface area contributed by atoms with E-state index in [-0.39, 0.29) is 35.7 Å². The Morgan fingerprint density at radius 2 is 2.15 bits per heavy atom. The molecule has 0 aromatic carbocycles. The third-order valence-corrected chi connectivity index (χ3v) is 4.83. The van der Waals surface area contributed by atoms with Crippen molar-refractivity contribution in [2.75, 3.05) is 23.9 Å². The van der Waals surface area contributed by atoms with Crippen LogP contribution in [0.3, 0.4) is 0 Å². The molecule has 0 aliphatic carbocycles. The molecule has 1 aromatic heterocycles. The Bertz CT molecular complexity index is 447. The van der Waals surface area contributed by atoms with Crippen LogP contribution in [0, 0.1) is 0 Å². The van der Waals surface area contributed by atoms with Crippen molar-refractivity contribution < 1.29 is 9.90 Å². The van der Waals surface area contributed by atoms with Gasteiger partial charge in [0.15, 0.2) is 5.13 Å². The molecular weight excluding hydrogens is 296 g/mol. The zero-order chi connectivity index (χ0) is 15.3. The summed E-state index contributed by atoms with van der Waals surface area (Å²) in [7, 11) is 0. The number of hydrogen-bond acceptors (Lipinski definition) is 7. The molecule has 0 radical (unpaired) electrons. The monoisotopic (exact) mass is 318 g/mol. The van der Waals surface area contributed by atoms with E-state index >= 15 is 0 Å². The smallest absolute Gasteiger partial charge is 0.265 e. The second kappa shape index (κ2) is 7.70. The van der Waals surface area contributed by atoms with Crippen LogP contribution in [0.2, 0.25) is 0 Å². The van der Waals surface area contributed by atoms with Gasteiger partial charge >= 0.3 is 0 Å². The van der Waals surface area contributed by atoms with Crippen LogP contribution in [0.4, 0.5) is 10.9 Å². The first-order chi connectivity index (χ1) is 9.38. The molecule has 0 fully saturated rings. The number of nitrogens with one attached hydrogen (secondary N) is 2. The lowest BCUT2D eigenvalue weighted by atomic mass is 10.2. The van der Waals surface area contributed by atoms with Crippen molar-refractivity contribution in [1.29, 1.82) is 0 Å². The molecule has 8 heteroatoms. The van der Waals surface area contributed by atoms with Crippen molar-refractivity contribution in [2.45, 2.75) is 38.1 Å². The van der Waals surface area contributed by atoms with Gasteiger partial charge in [-0.3, -0.25) is 4.79 Å². The molecule has 2 unspecified atom stereocenters. The predicted octanol–water partition coefficient (Wildman–Crippen LogP) is 1.39. The van der Waals surface area contributed by atoms with Crippen molar-refractivity contribution in [3.05, 3.63) is 4.88 Å². The Morgan fingerprint density at radius 1 is 1.50 bits per heavy atom. The van der Waals surface area contributed by atoms with Crippen molar-refractivity contribution in [3.63, 3.8) is 0 Å². The third-order valence-electron chi connectivity index (χ3n) is 2.67. The Kier molecular flexibility index (Phi) is 6.57. The normalized spacial score (nSPS) is 14.1. The molecule has 114 valence electrons. The van der Waals surface area contributed by atoms with Gasteiger partial charge in [-0.1, -0.05) is 11.3 Å². The maximum atomic E-state index is 12.2. The zero-order valence-corrected chi connectivity index (χ0v) is 13.8. The lowest BCUT2D eigenvalue weighted by Gasteiger charge is -2.20. The molecular formula is C12H22N4O2S2. The number of amides is 1. The number of carbonyl (C=O) groups excluding carboxylic acids is 1. The van der Waals surface area contributed by atoms with Gasteiger partial charge in [-0.15, -0.1) is 0 Å². The van der Waals surface area contributed by atoms with E-state index in [0.29, 0.717) is 10.0 Å². The van der Waals surface area contributed by atoms with E-state index in [1.165, 1.54) is 23.1 Å².